The zero-order valence-corrected chi connectivity index (χ0v) is 13.4. The smallest absolute Gasteiger partial charge is 0.314 e. The van der Waals surface area contributed by atoms with E-state index >= 15 is 0 Å². The number of carbonyl (C=O) groups excluding carboxylic acids is 1. The van der Waals surface area contributed by atoms with Crippen LogP contribution >= 0.6 is 0 Å². The normalized spacial score (nSPS) is 10.2. The van der Waals surface area contributed by atoms with Crippen molar-refractivity contribution in [2.24, 2.45) is 0 Å². The number of urea groups is 1. The Labute approximate surface area is 141 Å². The van der Waals surface area contributed by atoms with E-state index in [4.69, 9.17) is 0 Å². The first-order chi connectivity index (χ1) is 11.6. The molecule has 2 aromatic rings. The number of non-ortho nitro benzene ring substituents is 1. The third kappa shape index (κ3) is 6.08. The van der Waals surface area contributed by atoms with E-state index in [9.17, 15) is 14.9 Å². The zero-order chi connectivity index (χ0) is 17.2. The van der Waals surface area contributed by atoms with E-state index in [0.717, 1.165) is 18.4 Å². The van der Waals surface area contributed by atoms with Crippen LogP contribution in [0.4, 0.5) is 10.5 Å². The predicted molar refractivity (Wildman–Crippen MR) is 93.0 cm³/mol. The van der Waals surface area contributed by atoms with Gasteiger partial charge in [0.2, 0.25) is 0 Å². The van der Waals surface area contributed by atoms with Crippen LogP contribution in [0.3, 0.4) is 0 Å². The molecule has 0 spiro atoms. The first-order valence-corrected chi connectivity index (χ1v) is 7.94. The van der Waals surface area contributed by atoms with Gasteiger partial charge in [0.1, 0.15) is 0 Å². The van der Waals surface area contributed by atoms with Crippen LogP contribution in [0.5, 0.6) is 0 Å². The van der Waals surface area contributed by atoms with Gasteiger partial charge in [0, 0.05) is 25.2 Å². The molecule has 2 aromatic carbocycles. The van der Waals surface area contributed by atoms with Gasteiger partial charge in [-0.1, -0.05) is 42.5 Å². The molecule has 0 bridgehead atoms. The fraction of sp³-hybridized carbons (Fsp3) is 0.278. The van der Waals surface area contributed by atoms with Gasteiger partial charge in [-0.3, -0.25) is 10.1 Å². The first-order valence-electron chi connectivity index (χ1n) is 7.94. The molecule has 2 N–H and O–H groups in total. The molecule has 6 nitrogen and oxygen atoms in total. The second-order valence-corrected chi connectivity index (χ2v) is 5.45. The summed E-state index contributed by atoms with van der Waals surface area (Å²) < 4.78 is 0. The third-order valence-corrected chi connectivity index (χ3v) is 3.62. The molecule has 0 heterocycles. The average Bonchev–Trinajstić information content (AvgIpc) is 2.60. The van der Waals surface area contributed by atoms with Crippen LogP contribution in [0.1, 0.15) is 17.5 Å². The number of aryl methyl sites for hydroxylation is 1. The number of nitrogens with one attached hydrogen (secondary N) is 2. The van der Waals surface area contributed by atoms with Crippen LogP contribution in [0.2, 0.25) is 0 Å². The van der Waals surface area contributed by atoms with Crippen molar-refractivity contribution in [1.29, 1.82) is 0 Å². The molecule has 0 aromatic heterocycles. The van der Waals surface area contributed by atoms with Crippen molar-refractivity contribution in [1.82, 2.24) is 10.6 Å². The number of hydrogen-bond acceptors (Lipinski definition) is 3. The van der Waals surface area contributed by atoms with E-state index in [1.165, 1.54) is 17.7 Å². The number of rotatable bonds is 8. The molecule has 0 atom stereocenters. The molecule has 0 unspecified atom stereocenters. The highest BCUT2D eigenvalue weighted by molar-refractivity contribution is 5.73. The highest BCUT2D eigenvalue weighted by atomic mass is 16.6. The Morgan fingerprint density at radius 3 is 2.17 bits per heavy atom. The number of carbonyl (C=O) groups is 1. The van der Waals surface area contributed by atoms with Crippen LogP contribution in [0.25, 0.3) is 0 Å². The summed E-state index contributed by atoms with van der Waals surface area (Å²) in [4.78, 5) is 21.8. The predicted octanol–water partition coefficient (Wildman–Crippen LogP) is 3.07. The second-order valence-electron chi connectivity index (χ2n) is 5.45. The lowest BCUT2D eigenvalue weighted by Crippen LogP contribution is -2.37. The minimum absolute atomic E-state index is 0.0721. The summed E-state index contributed by atoms with van der Waals surface area (Å²) in [6.07, 6.45) is 2.46. The monoisotopic (exact) mass is 327 g/mol. The van der Waals surface area contributed by atoms with Gasteiger partial charge in [0.05, 0.1) is 4.92 Å². The van der Waals surface area contributed by atoms with Crippen molar-refractivity contribution in [3.05, 3.63) is 75.8 Å². The SMILES string of the molecule is O=C(NCCCc1ccccc1)NCCc1ccc([N+](=O)[O-])cc1. The molecule has 0 saturated carbocycles. The van der Waals surface area contributed by atoms with E-state index in [1.807, 2.05) is 18.2 Å². The highest BCUT2D eigenvalue weighted by Gasteiger charge is 2.04. The van der Waals surface area contributed by atoms with E-state index in [1.54, 1.807) is 12.1 Å². The largest absolute Gasteiger partial charge is 0.338 e. The zero-order valence-electron chi connectivity index (χ0n) is 13.4. The molecule has 0 saturated heterocycles. The average molecular weight is 327 g/mol. The molecular formula is C18H21N3O3. The molecule has 6 heteroatoms. The molecule has 0 radical (unpaired) electrons. The Hall–Kier alpha value is -2.89. The molecule has 0 aliphatic carbocycles. The van der Waals surface area contributed by atoms with E-state index in [0.29, 0.717) is 19.5 Å². The van der Waals surface area contributed by atoms with Crippen molar-refractivity contribution < 1.29 is 9.72 Å². The van der Waals surface area contributed by atoms with Gasteiger partial charge in [-0.2, -0.15) is 0 Å². The standard InChI is InChI=1S/C18H21N3O3/c22-18(19-13-4-7-15-5-2-1-3-6-15)20-14-12-16-8-10-17(11-9-16)21(23)24/h1-3,5-6,8-11H,4,7,12-14H2,(H2,19,20,22). The lowest BCUT2D eigenvalue weighted by molar-refractivity contribution is -0.384. The summed E-state index contributed by atoms with van der Waals surface area (Å²) >= 11 is 0. The van der Waals surface area contributed by atoms with Crippen molar-refractivity contribution in [2.75, 3.05) is 13.1 Å². The van der Waals surface area contributed by atoms with Crippen molar-refractivity contribution in [3.63, 3.8) is 0 Å². The summed E-state index contributed by atoms with van der Waals surface area (Å²) in [7, 11) is 0. The van der Waals surface area contributed by atoms with E-state index in [2.05, 4.69) is 22.8 Å². The molecule has 0 aliphatic heterocycles. The molecule has 0 aliphatic rings. The van der Waals surface area contributed by atoms with Crippen LogP contribution in [0, 0.1) is 10.1 Å². The van der Waals surface area contributed by atoms with Gasteiger partial charge in [-0.25, -0.2) is 4.79 Å². The van der Waals surface area contributed by atoms with Crippen LogP contribution in [-0.4, -0.2) is 24.0 Å². The van der Waals surface area contributed by atoms with Crippen LogP contribution in [0.15, 0.2) is 54.6 Å². The molecule has 2 amide bonds. The summed E-state index contributed by atoms with van der Waals surface area (Å²) in [5, 5.41) is 16.2. The molecule has 24 heavy (non-hydrogen) atoms. The molecular weight excluding hydrogens is 306 g/mol. The van der Waals surface area contributed by atoms with Gasteiger partial charge in [-0.15, -0.1) is 0 Å². The molecule has 126 valence electrons. The maximum absolute atomic E-state index is 11.7. The van der Waals surface area contributed by atoms with Gasteiger partial charge >= 0.3 is 6.03 Å². The minimum Gasteiger partial charge on any atom is -0.338 e. The Bertz CT molecular complexity index is 657. The van der Waals surface area contributed by atoms with E-state index in [-0.39, 0.29) is 11.7 Å². The van der Waals surface area contributed by atoms with E-state index < -0.39 is 4.92 Å². The Balaban J connectivity index is 1.58. The first kappa shape index (κ1) is 17.5. The van der Waals surface area contributed by atoms with Crippen molar-refractivity contribution in [3.8, 4) is 0 Å². The Kier molecular flexibility index (Phi) is 6.76. The van der Waals surface area contributed by atoms with Crippen LogP contribution < -0.4 is 10.6 Å². The summed E-state index contributed by atoms with van der Waals surface area (Å²) in [6.45, 7) is 1.11. The minimum atomic E-state index is -0.426. The quantitative estimate of drug-likeness (QED) is 0.444. The maximum Gasteiger partial charge on any atom is 0.314 e. The number of nitro groups is 1. The van der Waals surface area contributed by atoms with Crippen LogP contribution in [-0.2, 0) is 12.8 Å². The van der Waals surface area contributed by atoms with Gasteiger partial charge in [0.15, 0.2) is 0 Å². The summed E-state index contributed by atoms with van der Waals surface area (Å²) in [5.41, 5.74) is 2.28. The number of hydrogen-bond donors (Lipinski definition) is 2. The second kappa shape index (κ2) is 9.29. The number of amides is 2. The maximum atomic E-state index is 11.7. The topological polar surface area (TPSA) is 84.3 Å². The van der Waals surface area contributed by atoms with Crippen molar-refractivity contribution >= 4 is 11.7 Å². The third-order valence-electron chi connectivity index (χ3n) is 3.62. The van der Waals surface area contributed by atoms with Gasteiger partial charge < -0.3 is 10.6 Å². The highest BCUT2D eigenvalue weighted by Crippen LogP contribution is 2.11. The lowest BCUT2D eigenvalue weighted by atomic mass is 10.1. The molecule has 2 rings (SSSR count). The molecule has 0 fully saturated rings. The summed E-state index contributed by atoms with van der Waals surface area (Å²) in [6, 6.07) is 16.3. The summed E-state index contributed by atoms with van der Waals surface area (Å²) in [5.74, 6) is 0. The number of nitro benzene ring substituents is 1. The van der Waals surface area contributed by atoms with Gasteiger partial charge in [-0.05, 0) is 30.4 Å². The fourth-order valence-electron chi connectivity index (χ4n) is 2.31. The Morgan fingerprint density at radius 1 is 0.875 bits per heavy atom. The van der Waals surface area contributed by atoms with Crippen molar-refractivity contribution in [2.45, 2.75) is 19.3 Å². The number of benzene rings is 2. The Morgan fingerprint density at radius 2 is 1.50 bits per heavy atom. The fourth-order valence-corrected chi connectivity index (χ4v) is 2.31. The van der Waals surface area contributed by atoms with Gasteiger partial charge in [0.25, 0.3) is 5.69 Å². The number of nitrogens with zero attached hydrogens (tertiary/aromatic N) is 1. The lowest BCUT2D eigenvalue weighted by Gasteiger charge is -2.08.